The molecule has 21 nitrogen and oxygen atoms in total. The smallest absolute Gasteiger partial charge is 0.407 e. The molecule has 0 saturated carbocycles. The van der Waals surface area contributed by atoms with Crippen molar-refractivity contribution >= 4 is 23.9 Å². The molecule has 0 aromatic carbocycles. The molecule has 0 fully saturated rings. The summed E-state index contributed by atoms with van der Waals surface area (Å²) < 4.78 is 70.4. The lowest BCUT2D eigenvalue weighted by Crippen LogP contribution is -2.36. The van der Waals surface area contributed by atoms with Crippen LogP contribution in [-0.4, -0.2) is 214 Å². The van der Waals surface area contributed by atoms with Gasteiger partial charge in [0.1, 0.15) is 12.4 Å². The number of carboxylic acid groups (broad SMARTS) is 1. The molecule has 0 rings (SSSR count). The summed E-state index contributed by atoms with van der Waals surface area (Å²) >= 11 is 0. The first-order valence-electron chi connectivity index (χ1n) is 28.5. The summed E-state index contributed by atoms with van der Waals surface area (Å²) in [6.07, 6.45) is 21.1. The van der Waals surface area contributed by atoms with Gasteiger partial charge in [0.05, 0.1) is 165 Å². The van der Waals surface area contributed by atoms with E-state index in [1.165, 1.54) is 57.8 Å². The Morgan fingerprint density at radius 2 is 0.547 bits per heavy atom. The van der Waals surface area contributed by atoms with Crippen LogP contribution in [-0.2, 0) is 71.2 Å². The zero-order chi connectivity index (χ0) is 54.3. The van der Waals surface area contributed by atoms with Gasteiger partial charge in [-0.25, -0.2) is 9.59 Å². The SMILES string of the molecule is CCCCCCNC(=O)NCCCCCC(=O)CCCCCCCCCCCCCNC(=O)OCCOCCOCCOCCOCCOCCOCCOCCOCCOCCOCCOCCOCCC(=O)O. The number of carbonyl (C=O) groups excluding carboxylic acids is 3. The Hall–Kier alpha value is -2.80. The van der Waals surface area contributed by atoms with Gasteiger partial charge in [0.2, 0.25) is 0 Å². The Kier molecular flexibility index (Phi) is 61.4. The highest BCUT2D eigenvalue weighted by molar-refractivity contribution is 5.78. The van der Waals surface area contributed by atoms with E-state index >= 15 is 0 Å². The van der Waals surface area contributed by atoms with Gasteiger partial charge in [0.15, 0.2) is 0 Å². The van der Waals surface area contributed by atoms with Crippen molar-refractivity contribution in [2.24, 2.45) is 0 Å². The molecule has 0 aromatic rings. The van der Waals surface area contributed by atoms with Gasteiger partial charge < -0.3 is 82.6 Å². The van der Waals surface area contributed by atoms with E-state index in [9.17, 15) is 19.2 Å². The maximum atomic E-state index is 12.2. The topological polar surface area (TPSA) is 245 Å². The molecule has 0 aliphatic carbocycles. The van der Waals surface area contributed by atoms with Crippen molar-refractivity contribution in [3.8, 4) is 0 Å². The maximum Gasteiger partial charge on any atom is 0.407 e. The average molecular weight is 1080 g/mol. The highest BCUT2D eigenvalue weighted by atomic mass is 16.6. The number of Topliss-reactive ketones (excluding diaryl/α,β-unsaturated/α-hetero) is 1. The zero-order valence-electron chi connectivity index (χ0n) is 46.5. The molecule has 0 unspecified atom stereocenters. The molecule has 75 heavy (non-hydrogen) atoms. The molecule has 0 aliphatic rings. The van der Waals surface area contributed by atoms with Crippen molar-refractivity contribution in [3.05, 3.63) is 0 Å². The summed E-state index contributed by atoms with van der Waals surface area (Å²) in [5.41, 5.74) is 0. The first-order chi connectivity index (χ1) is 37.0. The van der Waals surface area contributed by atoms with Crippen molar-refractivity contribution < 1.29 is 85.9 Å². The first kappa shape index (κ1) is 72.2. The average Bonchev–Trinajstić information content (AvgIpc) is 3.40. The van der Waals surface area contributed by atoms with E-state index in [0.717, 1.165) is 64.3 Å². The summed E-state index contributed by atoms with van der Waals surface area (Å²) in [6.45, 7) is 14.9. The minimum atomic E-state index is -0.880. The van der Waals surface area contributed by atoms with E-state index in [1.807, 2.05) is 0 Å². The lowest BCUT2D eigenvalue weighted by atomic mass is 10.0. The van der Waals surface area contributed by atoms with Crippen molar-refractivity contribution in [2.45, 2.75) is 142 Å². The Labute approximate surface area is 451 Å². The number of hydrogen-bond donors (Lipinski definition) is 4. The molecular formula is C54H105N3O18. The summed E-state index contributed by atoms with van der Waals surface area (Å²) in [6, 6.07) is -0.0829. The number of rotatable bonds is 64. The van der Waals surface area contributed by atoms with Crippen LogP contribution in [0, 0.1) is 0 Å². The summed E-state index contributed by atoms with van der Waals surface area (Å²) in [5.74, 6) is -0.506. The number of urea groups is 1. The number of ketones is 1. The van der Waals surface area contributed by atoms with E-state index < -0.39 is 12.1 Å². The molecule has 0 saturated heterocycles. The molecule has 444 valence electrons. The summed E-state index contributed by atoms with van der Waals surface area (Å²) in [7, 11) is 0. The Balaban J connectivity index is 3.20. The number of amides is 3. The van der Waals surface area contributed by atoms with Crippen LogP contribution < -0.4 is 16.0 Å². The number of carboxylic acids is 1. The molecule has 0 bridgehead atoms. The van der Waals surface area contributed by atoms with Gasteiger partial charge in [-0.2, -0.15) is 0 Å². The highest BCUT2D eigenvalue weighted by Gasteiger charge is 2.05. The fourth-order valence-electron chi connectivity index (χ4n) is 6.92. The van der Waals surface area contributed by atoms with Gasteiger partial charge in [0.25, 0.3) is 0 Å². The van der Waals surface area contributed by atoms with Gasteiger partial charge in [-0.05, 0) is 32.1 Å². The molecule has 0 radical (unpaired) electrons. The van der Waals surface area contributed by atoms with Crippen molar-refractivity contribution in [3.63, 3.8) is 0 Å². The molecule has 3 amide bonds. The third kappa shape index (κ3) is 65.4. The maximum absolute atomic E-state index is 12.2. The fraction of sp³-hybridized carbons (Fsp3) is 0.926. The largest absolute Gasteiger partial charge is 0.481 e. The fourth-order valence-corrected chi connectivity index (χ4v) is 6.92. The molecule has 4 N–H and O–H groups in total. The van der Waals surface area contributed by atoms with E-state index in [4.69, 9.17) is 66.7 Å². The van der Waals surface area contributed by atoms with Crippen LogP contribution in [0.3, 0.4) is 0 Å². The predicted molar refractivity (Wildman–Crippen MR) is 286 cm³/mol. The van der Waals surface area contributed by atoms with Crippen molar-refractivity contribution in [2.75, 3.05) is 185 Å². The molecule has 0 spiro atoms. The number of alkyl carbamates (subject to hydrolysis) is 1. The third-order valence-electron chi connectivity index (χ3n) is 11.1. The lowest BCUT2D eigenvalue weighted by molar-refractivity contribution is -0.138. The Morgan fingerprint density at radius 1 is 0.293 bits per heavy atom. The van der Waals surface area contributed by atoms with Crippen LogP contribution in [0.5, 0.6) is 0 Å². The van der Waals surface area contributed by atoms with Crippen LogP contribution in [0.25, 0.3) is 0 Å². The molecule has 0 atom stereocenters. The first-order valence-corrected chi connectivity index (χ1v) is 28.5. The van der Waals surface area contributed by atoms with Gasteiger partial charge in [-0.3, -0.25) is 9.59 Å². The van der Waals surface area contributed by atoms with E-state index in [-0.39, 0.29) is 25.7 Å². The zero-order valence-corrected chi connectivity index (χ0v) is 46.5. The number of carbonyl (C=O) groups is 4. The number of nitrogens with one attached hydrogen (secondary N) is 3. The molecule has 0 aromatic heterocycles. The number of unbranched alkanes of at least 4 members (excludes halogenated alkanes) is 15. The van der Waals surface area contributed by atoms with E-state index in [0.29, 0.717) is 184 Å². The van der Waals surface area contributed by atoms with E-state index in [2.05, 4.69) is 22.9 Å². The minimum absolute atomic E-state index is 0.00970. The Morgan fingerprint density at radius 3 is 0.867 bits per heavy atom. The van der Waals surface area contributed by atoms with Crippen LogP contribution in [0.4, 0.5) is 9.59 Å². The normalized spacial score (nSPS) is 11.3. The second-order valence-corrected chi connectivity index (χ2v) is 17.8. The molecule has 21 heteroatoms. The van der Waals surface area contributed by atoms with Crippen LogP contribution in [0.15, 0.2) is 0 Å². The van der Waals surface area contributed by atoms with Gasteiger partial charge in [-0.15, -0.1) is 0 Å². The van der Waals surface area contributed by atoms with Gasteiger partial charge in [-0.1, -0.05) is 90.4 Å². The van der Waals surface area contributed by atoms with Crippen LogP contribution >= 0.6 is 0 Å². The Bertz CT molecular complexity index is 1210. The van der Waals surface area contributed by atoms with Crippen LogP contribution in [0.2, 0.25) is 0 Å². The quantitative estimate of drug-likeness (QED) is 0.0445. The van der Waals surface area contributed by atoms with Crippen molar-refractivity contribution in [1.29, 1.82) is 0 Å². The molecule has 0 heterocycles. The highest BCUT2D eigenvalue weighted by Crippen LogP contribution is 2.13. The second kappa shape index (κ2) is 63.7. The van der Waals surface area contributed by atoms with Crippen LogP contribution in [0.1, 0.15) is 142 Å². The minimum Gasteiger partial charge on any atom is -0.481 e. The van der Waals surface area contributed by atoms with Gasteiger partial charge in [0, 0.05) is 32.5 Å². The standard InChI is InChI=1S/C54H105N3O18/c1-2-3-4-17-23-55-53(61)56-24-19-14-16-21-51(58)20-15-12-10-8-6-5-7-9-11-13-18-25-57-54(62)75-50-49-74-48-47-73-46-45-72-44-43-71-42-41-70-40-39-69-38-37-68-36-35-67-34-33-66-32-31-65-30-29-64-28-27-63-26-22-52(59)60/h2-50H2,1H3,(H,57,62)(H,59,60)(H2,55,56,61). The number of ether oxygens (including phenoxy) is 13. The third-order valence-corrected chi connectivity index (χ3v) is 11.1. The second-order valence-electron chi connectivity index (χ2n) is 17.8. The van der Waals surface area contributed by atoms with E-state index in [1.54, 1.807) is 0 Å². The summed E-state index contributed by atoms with van der Waals surface area (Å²) in [4.78, 5) is 46.2. The molecule has 0 aliphatic heterocycles. The predicted octanol–water partition coefficient (Wildman–Crippen LogP) is 7.08. The number of aliphatic carboxylic acids is 1. The number of hydrogen-bond acceptors (Lipinski definition) is 17. The lowest BCUT2D eigenvalue weighted by Gasteiger charge is -2.09. The molecular weight excluding hydrogens is 979 g/mol. The summed E-state index contributed by atoms with van der Waals surface area (Å²) in [5, 5.41) is 17.1. The monoisotopic (exact) mass is 1080 g/mol. The van der Waals surface area contributed by atoms with Gasteiger partial charge >= 0.3 is 18.1 Å². The van der Waals surface area contributed by atoms with Crippen molar-refractivity contribution in [1.82, 2.24) is 16.0 Å².